The van der Waals surface area contributed by atoms with Gasteiger partial charge in [-0.15, -0.1) is 0 Å². The van der Waals surface area contributed by atoms with E-state index in [2.05, 4.69) is 5.32 Å². The van der Waals surface area contributed by atoms with Crippen molar-refractivity contribution in [2.24, 2.45) is 5.41 Å². The van der Waals surface area contributed by atoms with Gasteiger partial charge in [0, 0.05) is 12.5 Å². The highest BCUT2D eigenvalue weighted by Crippen LogP contribution is 2.25. The topological polar surface area (TPSA) is 66.4 Å². The molecule has 0 aromatic rings. The van der Waals surface area contributed by atoms with Crippen LogP contribution in [0.5, 0.6) is 0 Å². The Bertz CT molecular complexity index is 285. The van der Waals surface area contributed by atoms with Gasteiger partial charge in [-0.2, -0.15) is 11.8 Å². The molecule has 17 heavy (non-hydrogen) atoms. The number of hydrogen-bond acceptors (Lipinski definition) is 3. The highest BCUT2D eigenvalue weighted by atomic mass is 32.2. The summed E-state index contributed by atoms with van der Waals surface area (Å²) in [5, 5.41) is 11.8. The van der Waals surface area contributed by atoms with E-state index in [0.717, 1.165) is 24.3 Å². The number of thioether (sulfide) groups is 1. The Morgan fingerprint density at radius 3 is 2.41 bits per heavy atom. The van der Waals surface area contributed by atoms with Gasteiger partial charge in [0.2, 0.25) is 5.91 Å². The lowest BCUT2D eigenvalue weighted by atomic mass is 9.85. The van der Waals surface area contributed by atoms with E-state index >= 15 is 0 Å². The number of aliphatic carboxylic acids is 1. The van der Waals surface area contributed by atoms with Crippen molar-refractivity contribution in [3.05, 3.63) is 0 Å². The fourth-order valence-electron chi connectivity index (χ4n) is 2.03. The highest BCUT2D eigenvalue weighted by molar-refractivity contribution is 7.99. The lowest BCUT2D eigenvalue weighted by Crippen LogP contribution is -2.39. The van der Waals surface area contributed by atoms with Crippen molar-refractivity contribution in [2.75, 3.05) is 11.5 Å². The first-order valence-corrected chi connectivity index (χ1v) is 7.13. The maximum Gasteiger partial charge on any atom is 0.303 e. The summed E-state index contributed by atoms with van der Waals surface area (Å²) in [6.45, 7) is 3.63. The molecule has 0 spiro atoms. The quantitative estimate of drug-likeness (QED) is 0.791. The Hall–Kier alpha value is -0.710. The molecule has 0 saturated carbocycles. The van der Waals surface area contributed by atoms with E-state index in [1.165, 1.54) is 0 Å². The smallest absolute Gasteiger partial charge is 0.303 e. The molecule has 1 amide bonds. The third kappa shape index (κ3) is 5.96. The first-order chi connectivity index (χ1) is 7.89. The number of amides is 1. The van der Waals surface area contributed by atoms with E-state index in [1.807, 2.05) is 25.6 Å². The van der Waals surface area contributed by atoms with Gasteiger partial charge in [0.1, 0.15) is 0 Å². The minimum absolute atomic E-state index is 0.0202. The first kappa shape index (κ1) is 14.4. The number of nitrogens with one attached hydrogen (secondary N) is 1. The zero-order valence-electron chi connectivity index (χ0n) is 10.5. The van der Waals surface area contributed by atoms with Gasteiger partial charge in [0.15, 0.2) is 0 Å². The summed E-state index contributed by atoms with van der Waals surface area (Å²) in [4.78, 5) is 22.4. The summed E-state index contributed by atoms with van der Waals surface area (Å²) >= 11 is 1.92. The number of carboxylic acids is 1. The summed E-state index contributed by atoms with van der Waals surface area (Å²) in [6.07, 6.45) is 2.36. The molecule has 0 bridgehead atoms. The lowest BCUT2D eigenvalue weighted by Gasteiger charge is -2.26. The second-order valence-electron chi connectivity index (χ2n) is 5.37. The number of rotatable bonds is 5. The van der Waals surface area contributed by atoms with E-state index in [-0.39, 0.29) is 24.8 Å². The van der Waals surface area contributed by atoms with Crippen LogP contribution in [0.2, 0.25) is 0 Å². The Kier molecular flexibility index (Phi) is 5.31. The molecule has 5 heteroatoms. The molecule has 1 aliphatic heterocycles. The Labute approximate surface area is 107 Å². The standard InChI is InChI=1S/C12H21NO3S/c1-12(2,8-11(15)16)7-10(14)13-9-3-5-17-6-4-9/h9H,3-8H2,1-2H3,(H,13,14)(H,15,16). The molecular formula is C12H21NO3S. The molecule has 0 aromatic carbocycles. The summed E-state index contributed by atoms with van der Waals surface area (Å²) in [5.74, 6) is 1.33. The Morgan fingerprint density at radius 1 is 1.29 bits per heavy atom. The van der Waals surface area contributed by atoms with Gasteiger partial charge in [0.25, 0.3) is 0 Å². The fourth-order valence-corrected chi connectivity index (χ4v) is 3.13. The van der Waals surface area contributed by atoms with E-state index in [0.29, 0.717) is 0 Å². The molecule has 0 aromatic heterocycles. The molecule has 1 saturated heterocycles. The zero-order chi connectivity index (χ0) is 12.9. The maximum absolute atomic E-state index is 11.8. The van der Waals surface area contributed by atoms with E-state index in [9.17, 15) is 9.59 Å². The molecule has 1 aliphatic rings. The largest absolute Gasteiger partial charge is 0.481 e. The third-order valence-electron chi connectivity index (χ3n) is 2.86. The Morgan fingerprint density at radius 2 is 1.88 bits per heavy atom. The minimum atomic E-state index is -0.850. The third-order valence-corrected chi connectivity index (χ3v) is 3.90. The second-order valence-corrected chi connectivity index (χ2v) is 6.59. The van der Waals surface area contributed by atoms with Crippen LogP contribution in [0.4, 0.5) is 0 Å². The number of carboxylic acid groups (broad SMARTS) is 1. The van der Waals surface area contributed by atoms with Crippen LogP contribution in [0.3, 0.4) is 0 Å². The summed E-state index contributed by atoms with van der Waals surface area (Å²) in [6, 6.07) is 0.282. The Balaban J connectivity index is 2.34. The number of carbonyl (C=O) groups is 2. The molecule has 0 radical (unpaired) electrons. The van der Waals surface area contributed by atoms with Crippen molar-refractivity contribution in [3.8, 4) is 0 Å². The van der Waals surface area contributed by atoms with Crippen LogP contribution in [0.25, 0.3) is 0 Å². The molecule has 98 valence electrons. The molecule has 1 fully saturated rings. The van der Waals surface area contributed by atoms with Gasteiger partial charge < -0.3 is 10.4 Å². The SMILES string of the molecule is CC(C)(CC(=O)O)CC(=O)NC1CCSCC1. The molecule has 4 nitrogen and oxygen atoms in total. The monoisotopic (exact) mass is 259 g/mol. The van der Waals surface area contributed by atoms with Crippen molar-refractivity contribution in [2.45, 2.75) is 45.6 Å². The van der Waals surface area contributed by atoms with Crippen LogP contribution in [0.1, 0.15) is 39.5 Å². The maximum atomic E-state index is 11.8. The predicted octanol–water partition coefficient (Wildman–Crippen LogP) is 1.89. The molecule has 1 heterocycles. The van der Waals surface area contributed by atoms with Crippen LogP contribution >= 0.6 is 11.8 Å². The van der Waals surface area contributed by atoms with Crippen LogP contribution in [-0.2, 0) is 9.59 Å². The normalized spacial score (nSPS) is 17.8. The molecule has 0 atom stereocenters. The molecule has 1 rings (SSSR count). The van der Waals surface area contributed by atoms with Gasteiger partial charge in [-0.05, 0) is 29.8 Å². The lowest BCUT2D eigenvalue weighted by molar-refractivity contribution is -0.139. The molecule has 2 N–H and O–H groups in total. The van der Waals surface area contributed by atoms with E-state index in [4.69, 9.17) is 5.11 Å². The molecule has 0 unspecified atom stereocenters. The van der Waals surface area contributed by atoms with E-state index in [1.54, 1.807) is 0 Å². The van der Waals surface area contributed by atoms with Gasteiger partial charge in [-0.3, -0.25) is 9.59 Å². The van der Waals surface area contributed by atoms with Crippen molar-refractivity contribution in [3.63, 3.8) is 0 Å². The first-order valence-electron chi connectivity index (χ1n) is 5.98. The van der Waals surface area contributed by atoms with Crippen LogP contribution < -0.4 is 5.32 Å². The van der Waals surface area contributed by atoms with Crippen molar-refractivity contribution >= 4 is 23.6 Å². The zero-order valence-corrected chi connectivity index (χ0v) is 11.3. The van der Waals surface area contributed by atoms with Gasteiger partial charge >= 0.3 is 5.97 Å². The highest BCUT2D eigenvalue weighted by Gasteiger charge is 2.26. The summed E-state index contributed by atoms with van der Waals surface area (Å²) < 4.78 is 0. The van der Waals surface area contributed by atoms with Crippen LogP contribution in [0.15, 0.2) is 0 Å². The minimum Gasteiger partial charge on any atom is -0.481 e. The summed E-state index contributed by atoms with van der Waals surface area (Å²) in [5.41, 5.74) is -0.473. The average Bonchev–Trinajstić information content (AvgIpc) is 2.15. The van der Waals surface area contributed by atoms with Gasteiger partial charge in [-0.25, -0.2) is 0 Å². The average molecular weight is 259 g/mol. The van der Waals surface area contributed by atoms with Crippen molar-refractivity contribution in [1.29, 1.82) is 0 Å². The molecular weight excluding hydrogens is 238 g/mol. The predicted molar refractivity (Wildman–Crippen MR) is 69.1 cm³/mol. The van der Waals surface area contributed by atoms with Crippen LogP contribution in [-0.4, -0.2) is 34.5 Å². The van der Waals surface area contributed by atoms with Gasteiger partial charge in [0.05, 0.1) is 6.42 Å². The van der Waals surface area contributed by atoms with Gasteiger partial charge in [-0.1, -0.05) is 13.8 Å². The summed E-state index contributed by atoms with van der Waals surface area (Å²) in [7, 11) is 0. The number of carbonyl (C=O) groups excluding carboxylic acids is 1. The van der Waals surface area contributed by atoms with Crippen LogP contribution in [0, 0.1) is 5.41 Å². The van der Waals surface area contributed by atoms with Crippen molar-refractivity contribution < 1.29 is 14.7 Å². The molecule has 0 aliphatic carbocycles. The second kappa shape index (κ2) is 6.28. The fraction of sp³-hybridized carbons (Fsp3) is 0.833. The number of hydrogen-bond donors (Lipinski definition) is 2. The van der Waals surface area contributed by atoms with E-state index < -0.39 is 11.4 Å². The van der Waals surface area contributed by atoms with Crippen molar-refractivity contribution in [1.82, 2.24) is 5.32 Å².